The minimum Gasteiger partial charge on any atom is -0.399 e. The van der Waals surface area contributed by atoms with Crippen molar-refractivity contribution in [2.45, 2.75) is 24.8 Å². The summed E-state index contributed by atoms with van der Waals surface area (Å²) in [7, 11) is -2.10. The molecule has 2 rings (SSSR count). The molecule has 2 N–H and O–H groups in total. The minimum atomic E-state index is -3.66. The Bertz CT molecular complexity index is 761. The molecule has 0 aromatic heterocycles. The fourth-order valence-electron chi connectivity index (χ4n) is 2.51. The fourth-order valence-corrected chi connectivity index (χ4v) is 4.25. The second-order valence-corrected chi connectivity index (χ2v) is 7.44. The molecule has 0 saturated heterocycles. The molecule has 0 bridgehead atoms. The average molecular weight is 348 g/mol. The molecule has 0 amide bonds. The number of anilines is 1. The quantitative estimate of drug-likeness (QED) is 0.745. The van der Waals surface area contributed by atoms with Crippen LogP contribution in [0.3, 0.4) is 0 Å². The van der Waals surface area contributed by atoms with Gasteiger partial charge in [-0.1, -0.05) is 43.3 Å². The zero-order valence-electron chi connectivity index (χ0n) is 14.1. The minimum absolute atomic E-state index is 0.275. The molecule has 0 heterocycles. The predicted octanol–water partition coefficient (Wildman–Crippen LogP) is 2.67. The lowest BCUT2D eigenvalue weighted by Gasteiger charge is -2.23. The highest BCUT2D eigenvalue weighted by molar-refractivity contribution is 7.89. The molecule has 0 fully saturated rings. The van der Waals surface area contributed by atoms with E-state index >= 15 is 0 Å². The van der Waals surface area contributed by atoms with Crippen LogP contribution in [0.15, 0.2) is 53.4 Å². The number of hydrogen-bond acceptors (Lipinski definition) is 4. The van der Waals surface area contributed by atoms with Gasteiger partial charge in [0, 0.05) is 25.9 Å². The van der Waals surface area contributed by atoms with Crippen molar-refractivity contribution in [1.29, 1.82) is 0 Å². The van der Waals surface area contributed by atoms with Crippen molar-refractivity contribution in [3.8, 4) is 0 Å². The number of nitrogens with two attached hydrogens (primary N) is 1. The van der Waals surface area contributed by atoms with Gasteiger partial charge in [-0.2, -0.15) is 4.31 Å². The number of methoxy groups -OCH3 is 1. The standard InChI is InChI=1S/C18H24N2O3S/c1-3-16-9-10-17(19)13-18(16)24(21,22)20(11-12-23-2)14-15-7-5-4-6-8-15/h4-10,13H,3,11-12,14,19H2,1-2H3. The van der Waals surface area contributed by atoms with Gasteiger partial charge in [0.15, 0.2) is 0 Å². The second-order valence-electron chi connectivity index (χ2n) is 5.54. The second kappa shape index (κ2) is 8.28. The monoisotopic (exact) mass is 348 g/mol. The van der Waals surface area contributed by atoms with Gasteiger partial charge in [0.1, 0.15) is 0 Å². The maximum Gasteiger partial charge on any atom is 0.243 e. The normalized spacial score (nSPS) is 11.8. The molecule has 2 aromatic carbocycles. The Morgan fingerprint density at radius 3 is 2.46 bits per heavy atom. The van der Waals surface area contributed by atoms with Crippen molar-refractivity contribution in [2.75, 3.05) is 26.0 Å². The van der Waals surface area contributed by atoms with E-state index in [0.29, 0.717) is 25.3 Å². The van der Waals surface area contributed by atoms with E-state index in [9.17, 15) is 8.42 Å². The number of hydrogen-bond donors (Lipinski definition) is 1. The largest absolute Gasteiger partial charge is 0.399 e. The molecule has 0 aliphatic carbocycles. The van der Waals surface area contributed by atoms with Gasteiger partial charge < -0.3 is 10.5 Å². The highest BCUT2D eigenvalue weighted by atomic mass is 32.2. The van der Waals surface area contributed by atoms with E-state index in [1.807, 2.05) is 37.3 Å². The number of rotatable bonds is 8. The summed E-state index contributed by atoms with van der Waals surface area (Å²) in [4.78, 5) is 0.275. The Hall–Kier alpha value is -1.89. The van der Waals surface area contributed by atoms with Crippen LogP contribution in [0, 0.1) is 0 Å². The molecule has 0 aliphatic rings. The zero-order valence-corrected chi connectivity index (χ0v) is 14.9. The molecule has 0 radical (unpaired) electrons. The van der Waals surface area contributed by atoms with Gasteiger partial charge in [-0.15, -0.1) is 0 Å². The Morgan fingerprint density at radius 1 is 1.12 bits per heavy atom. The van der Waals surface area contributed by atoms with Crippen LogP contribution in [0.4, 0.5) is 5.69 Å². The number of aryl methyl sites for hydroxylation is 1. The first-order valence-corrected chi connectivity index (χ1v) is 9.34. The lowest BCUT2D eigenvalue weighted by atomic mass is 10.1. The summed E-state index contributed by atoms with van der Waals surface area (Å²) >= 11 is 0. The highest BCUT2D eigenvalue weighted by Crippen LogP contribution is 2.24. The molecule has 0 saturated carbocycles. The van der Waals surface area contributed by atoms with Crippen molar-refractivity contribution < 1.29 is 13.2 Å². The molecule has 0 atom stereocenters. The molecular weight excluding hydrogens is 324 g/mol. The van der Waals surface area contributed by atoms with Crippen molar-refractivity contribution >= 4 is 15.7 Å². The van der Waals surface area contributed by atoms with Gasteiger partial charge >= 0.3 is 0 Å². The van der Waals surface area contributed by atoms with E-state index in [2.05, 4.69) is 0 Å². The van der Waals surface area contributed by atoms with E-state index in [4.69, 9.17) is 10.5 Å². The van der Waals surface area contributed by atoms with Gasteiger partial charge in [0.2, 0.25) is 10.0 Å². The third-order valence-electron chi connectivity index (χ3n) is 3.84. The summed E-state index contributed by atoms with van der Waals surface area (Å²) in [6.07, 6.45) is 0.623. The number of benzene rings is 2. The summed E-state index contributed by atoms with van der Waals surface area (Å²) in [5.74, 6) is 0. The molecule has 6 heteroatoms. The van der Waals surface area contributed by atoms with Crippen LogP contribution < -0.4 is 5.73 Å². The molecule has 130 valence electrons. The maximum absolute atomic E-state index is 13.2. The van der Waals surface area contributed by atoms with Crippen LogP contribution in [-0.4, -0.2) is 33.0 Å². The summed E-state index contributed by atoms with van der Waals surface area (Å²) in [5, 5.41) is 0. The van der Waals surface area contributed by atoms with E-state index in [-0.39, 0.29) is 11.4 Å². The summed E-state index contributed by atoms with van der Waals surface area (Å²) in [6, 6.07) is 14.6. The molecule has 0 unspecified atom stereocenters. The topological polar surface area (TPSA) is 72.6 Å². The van der Waals surface area contributed by atoms with Crippen LogP contribution in [-0.2, 0) is 27.7 Å². The number of nitrogen functional groups attached to an aromatic ring is 1. The number of sulfonamides is 1. The number of ether oxygens (including phenoxy) is 1. The van der Waals surface area contributed by atoms with E-state index in [1.165, 1.54) is 4.31 Å². The van der Waals surface area contributed by atoms with Crippen LogP contribution in [0.1, 0.15) is 18.1 Å². The molecule has 24 heavy (non-hydrogen) atoms. The van der Waals surface area contributed by atoms with Crippen LogP contribution in [0.25, 0.3) is 0 Å². The summed E-state index contributed by atoms with van der Waals surface area (Å²) < 4.78 is 32.9. The molecule has 5 nitrogen and oxygen atoms in total. The van der Waals surface area contributed by atoms with E-state index in [1.54, 1.807) is 25.3 Å². The lowest BCUT2D eigenvalue weighted by molar-refractivity contribution is 0.177. The Balaban J connectivity index is 2.41. The lowest BCUT2D eigenvalue weighted by Crippen LogP contribution is -2.34. The van der Waals surface area contributed by atoms with Crippen LogP contribution >= 0.6 is 0 Å². The van der Waals surface area contributed by atoms with E-state index < -0.39 is 10.0 Å². The Kier molecular flexibility index (Phi) is 6.36. The number of nitrogens with zero attached hydrogens (tertiary/aromatic N) is 1. The SMILES string of the molecule is CCc1ccc(N)cc1S(=O)(=O)N(CCOC)Cc1ccccc1. The third kappa shape index (κ3) is 4.35. The van der Waals surface area contributed by atoms with Crippen molar-refractivity contribution in [1.82, 2.24) is 4.31 Å². The van der Waals surface area contributed by atoms with Gasteiger partial charge in [-0.25, -0.2) is 8.42 Å². The smallest absolute Gasteiger partial charge is 0.243 e. The predicted molar refractivity (Wildman–Crippen MR) is 96.1 cm³/mol. The highest BCUT2D eigenvalue weighted by Gasteiger charge is 2.26. The fraction of sp³-hybridized carbons (Fsp3) is 0.333. The summed E-state index contributed by atoms with van der Waals surface area (Å²) in [6.45, 7) is 2.84. The summed E-state index contributed by atoms with van der Waals surface area (Å²) in [5.41, 5.74) is 7.96. The van der Waals surface area contributed by atoms with Crippen LogP contribution in [0.5, 0.6) is 0 Å². The first kappa shape index (κ1) is 18.4. The third-order valence-corrected chi connectivity index (χ3v) is 5.76. The Labute approximate surface area is 144 Å². The molecular formula is C18H24N2O3S. The van der Waals surface area contributed by atoms with Gasteiger partial charge in [0.05, 0.1) is 11.5 Å². The van der Waals surface area contributed by atoms with Crippen molar-refractivity contribution in [3.63, 3.8) is 0 Å². The zero-order chi connectivity index (χ0) is 17.6. The first-order chi connectivity index (χ1) is 11.5. The average Bonchev–Trinajstić information content (AvgIpc) is 2.59. The van der Waals surface area contributed by atoms with Gasteiger partial charge in [-0.05, 0) is 29.7 Å². The van der Waals surface area contributed by atoms with Crippen molar-refractivity contribution in [2.24, 2.45) is 0 Å². The maximum atomic E-state index is 13.2. The molecule has 0 spiro atoms. The van der Waals surface area contributed by atoms with Crippen LogP contribution in [0.2, 0.25) is 0 Å². The molecule has 2 aromatic rings. The van der Waals surface area contributed by atoms with E-state index in [0.717, 1.165) is 11.1 Å². The van der Waals surface area contributed by atoms with Gasteiger partial charge in [-0.3, -0.25) is 0 Å². The van der Waals surface area contributed by atoms with Gasteiger partial charge in [0.25, 0.3) is 0 Å². The molecule has 0 aliphatic heterocycles. The van der Waals surface area contributed by atoms with Crippen molar-refractivity contribution in [3.05, 3.63) is 59.7 Å². The first-order valence-electron chi connectivity index (χ1n) is 7.90. The Morgan fingerprint density at radius 2 is 1.83 bits per heavy atom.